The molecule has 3 N–H and O–H groups in total. The van der Waals surface area contributed by atoms with Gasteiger partial charge in [0.1, 0.15) is 0 Å². The number of nitro groups is 1. The highest BCUT2D eigenvalue weighted by molar-refractivity contribution is 5.55. The fraction of sp³-hybridized carbons (Fsp3) is 0.500. The molecular formula is C12H17F3N4O2. The summed E-state index contributed by atoms with van der Waals surface area (Å²) in [4.78, 5) is 11.3. The summed E-state index contributed by atoms with van der Waals surface area (Å²) in [5, 5.41) is 10.8. The van der Waals surface area contributed by atoms with Gasteiger partial charge in [0, 0.05) is 24.7 Å². The molecule has 1 rings (SSSR count). The van der Waals surface area contributed by atoms with Crippen LogP contribution < -0.4 is 11.3 Å². The number of hydrazine groups is 1. The zero-order chi connectivity index (χ0) is 16.2. The van der Waals surface area contributed by atoms with Crippen molar-refractivity contribution in [3.8, 4) is 0 Å². The van der Waals surface area contributed by atoms with Crippen molar-refractivity contribution in [2.75, 3.05) is 12.0 Å². The van der Waals surface area contributed by atoms with E-state index in [1.54, 1.807) is 13.8 Å². The van der Waals surface area contributed by atoms with E-state index in [0.29, 0.717) is 11.3 Å². The van der Waals surface area contributed by atoms with Gasteiger partial charge >= 0.3 is 6.18 Å². The predicted octanol–water partition coefficient (Wildman–Crippen LogP) is 2.65. The molecule has 0 saturated heterocycles. The topological polar surface area (TPSA) is 84.4 Å². The summed E-state index contributed by atoms with van der Waals surface area (Å²) < 4.78 is 37.7. The Morgan fingerprint density at radius 3 is 2.48 bits per heavy atom. The van der Waals surface area contributed by atoms with Crippen molar-refractivity contribution in [3.63, 3.8) is 0 Å². The molecule has 0 radical (unpaired) electrons. The van der Waals surface area contributed by atoms with E-state index in [2.05, 4.69) is 5.43 Å². The second kappa shape index (κ2) is 6.72. The number of non-ortho nitro benzene ring substituents is 1. The lowest BCUT2D eigenvalue weighted by Gasteiger charge is -2.28. The molecule has 0 atom stereocenters. The number of anilines is 1. The Balaban J connectivity index is 3.06. The first-order valence-electron chi connectivity index (χ1n) is 6.18. The number of nitrogens with two attached hydrogens (primary N) is 1. The number of halogens is 3. The molecule has 0 aliphatic heterocycles. The molecule has 0 bridgehead atoms. The van der Waals surface area contributed by atoms with Crippen molar-refractivity contribution in [1.82, 2.24) is 4.90 Å². The molecule has 1 aromatic carbocycles. The quantitative estimate of drug-likeness (QED) is 0.479. The molecule has 9 heteroatoms. The molecule has 0 saturated carbocycles. The number of rotatable bonds is 6. The molecule has 118 valence electrons. The van der Waals surface area contributed by atoms with Crippen LogP contribution in [0.5, 0.6) is 0 Å². The lowest BCUT2D eigenvalue weighted by Crippen LogP contribution is -2.38. The minimum Gasteiger partial charge on any atom is -0.324 e. The van der Waals surface area contributed by atoms with Crippen molar-refractivity contribution in [3.05, 3.63) is 33.9 Å². The molecule has 0 amide bonds. The second-order valence-corrected chi connectivity index (χ2v) is 4.86. The van der Waals surface area contributed by atoms with Gasteiger partial charge in [-0.3, -0.25) is 20.9 Å². The summed E-state index contributed by atoms with van der Waals surface area (Å²) in [5.74, 6) is 5.30. The molecule has 0 spiro atoms. The Bertz CT molecular complexity index is 506. The third-order valence-electron chi connectivity index (χ3n) is 2.94. The monoisotopic (exact) mass is 306 g/mol. The van der Waals surface area contributed by atoms with E-state index in [4.69, 9.17) is 5.84 Å². The molecule has 0 unspecified atom stereocenters. The van der Waals surface area contributed by atoms with Crippen LogP contribution in [0.4, 0.5) is 24.5 Å². The van der Waals surface area contributed by atoms with Crippen molar-refractivity contribution in [2.24, 2.45) is 5.84 Å². The maximum absolute atomic E-state index is 12.6. The summed E-state index contributed by atoms with van der Waals surface area (Å²) in [7, 11) is 0. The predicted molar refractivity (Wildman–Crippen MR) is 72.5 cm³/mol. The molecule has 0 aromatic heterocycles. The van der Waals surface area contributed by atoms with Gasteiger partial charge in [-0.25, -0.2) is 0 Å². The SMILES string of the molecule is CC(C)N(Cc1cc([N+](=O)[O-])ccc1NN)CC(F)(F)F. The van der Waals surface area contributed by atoms with Gasteiger partial charge in [-0.15, -0.1) is 0 Å². The van der Waals surface area contributed by atoms with E-state index in [9.17, 15) is 23.3 Å². The maximum atomic E-state index is 12.6. The molecule has 6 nitrogen and oxygen atoms in total. The van der Waals surface area contributed by atoms with Gasteiger partial charge in [-0.1, -0.05) is 0 Å². The molecule has 0 aliphatic carbocycles. The Labute approximate surface area is 119 Å². The Morgan fingerprint density at radius 2 is 2.05 bits per heavy atom. The molecule has 0 fully saturated rings. The van der Waals surface area contributed by atoms with Crippen LogP contribution in [0, 0.1) is 10.1 Å². The standard InChI is InChI=1S/C12H17F3N4O2/c1-8(2)18(7-12(13,14)15)6-9-5-10(19(20)21)3-4-11(9)17-16/h3-5,8,17H,6-7,16H2,1-2H3. The van der Waals surface area contributed by atoms with Crippen LogP contribution in [0.1, 0.15) is 19.4 Å². The Morgan fingerprint density at radius 1 is 1.43 bits per heavy atom. The number of benzene rings is 1. The molecular weight excluding hydrogens is 289 g/mol. The summed E-state index contributed by atoms with van der Waals surface area (Å²) in [6, 6.07) is 3.46. The third-order valence-corrected chi connectivity index (χ3v) is 2.94. The van der Waals surface area contributed by atoms with Crippen molar-refractivity contribution in [1.29, 1.82) is 0 Å². The van der Waals surface area contributed by atoms with Crippen LogP contribution in [0.15, 0.2) is 18.2 Å². The van der Waals surface area contributed by atoms with Crippen LogP contribution in [0.25, 0.3) is 0 Å². The highest BCUT2D eigenvalue weighted by Crippen LogP contribution is 2.25. The fourth-order valence-corrected chi connectivity index (χ4v) is 1.84. The van der Waals surface area contributed by atoms with Gasteiger partial charge in [0.2, 0.25) is 0 Å². The van der Waals surface area contributed by atoms with Crippen molar-refractivity contribution in [2.45, 2.75) is 32.6 Å². The molecule has 0 heterocycles. The average molecular weight is 306 g/mol. The van der Waals surface area contributed by atoms with Crippen LogP contribution >= 0.6 is 0 Å². The van der Waals surface area contributed by atoms with Crippen LogP contribution in [0.2, 0.25) is 0 Å². The lowest BCUT2D eigenvalue weighted by atomic mass is 10.1. The van der Waals surface area contributed by atoms with E-state index in [1.807, 2.05) is 0 Å². The molecule has 1 aromatic rings. The van der Waals surface area contributed by atoms with Crippen LogP contribution in [-0.2, 0) is 6.54 Å². The number of nitrogens with zero attached hydrogens (tertiary/aromatic N) is 2. The molecule has 21 heavy (non-hydrogen) atoms. The zero-order valence-electron chi connectivity index (χ0n) is 11.6. The largest absolute Gasteiger partial charge is 0.401 e. The summed E-state index contributed by atoms with van der Waals surface area (Å²) in [5.41, 5.74) is 2.84. The van der Waals surface area contributed by atoms with Gasteiger partial charge in [0.05, 0.1) is 17.2 Å². The number of nitro benzene ring substituents is 1. The van der Waals surface area contributed by atoms with Crippen LogP contribution in [0.3, 0.4) is 0 Å². The second-order valence-electron chi connectivity index (χ2n) is 4.86. The van der Waals surface area contributed by atoms with Gasteiger partial charge in [0.25, 0.3) is 5.69 Å². The maximum Gasteiger partial charge on any atom is 0.401 e. The smallest absolute Gasteiger partial charge is 0.324 e. The first kappa shape index (κ1) is 17.2. The Kier molecular flexibility index (Phi) is 5.50. The van der Waals surface area contributed by atoms with E-state index in [1.165, 1.54) is 23.1 Å². The number of nitrogen functional groups attached to an aromatic ring is 1. The van der Waals surface area contributed by atoms with Gasteiger partial charge in [0.15, 0.2) is 0 Å². The van der Waals surface area contributed by atoms with E-state index in [-0.39, 0.29) is 18.3 Å². The first-order valence-corrected chi connectivity index (χ1v) is 6.18. The minimum atomic E-state index is -4.35. The lowest BCUT2D eigenvalue weighted by molar-refractivity contribution is -0.384. The fourth-order valence-electron chi connectivity index (χ4n) is 1.84. The number of alkyl halides is 3. The third kappa shape index (κ3) is 5.20. The average Bonchev–Trinajstić information content (AvgIpc) is 2.36. The number of hydrogen-bond acceptors (Lipinski definition) is 5. The van der Waals surface area contributed by atoms with Gasteiger partial charge < -0.3 is 5.43 Å². The Hall–Kier alpha value is -1.87. The van der Waals surface area contributed by atoms with E-state index < -0.39 is 17.6 Å². The van der Waals surface area contributed by atoms with Gasteiger partial charge in [-0.05, 0) is 25.5 Å². The van der Waals surface area contributed by atoms with E-state index >= 15 is 0 Å². The normalized spacial score (nSPS) is 12.0. The number of nitrogens with one attached hydrogen (secondary N) is 1. The summed E-state index contributed by atoms with van der Waals surface area (Å²) in [6.07, 6.45) is -4.35. The summed E-state index contributed by atoms with van der Waals surface area (Å²) >= 11 is 0. The minimum absolute atomic E-state index is 0.0988. The van der Waals surface area contributed by atoms with Crippen molar-refractivity contribution >= 4 is 11.4 Å². The van der Waals surface area contributed by atoms with Gasteiger partial charge in [-0.2, -0.15) is 13.2 Å². The number of hydrogen-bond donors (Lipinski definition) is 2. The first-order chi connectivity index (χ1) is 9.64. The van der Waals surface area contributed by atoms with E-state index in [0.717, 1.165) is 0 Å². The van der Waals surface area contributed by atoms with Crippen molar-refractivity contribution < 1.29 is 18.1 Å². The molecule has 0 aliphatic rings. The van der Waals surface area contributed by atoms with Crippen LogP contribution in [-0.4, -0.2) is 28.6 Å². The zero-order valence-corrected chi connectivity index (χ0v) is 11.6. The highest BCUT2D eigenvalue weighted by atomic mass is 19.4. The summed E-state index contributed by atoms with van der Waals surface area (Å²) in [6.45, 7) is 2.05. The highest BCUT2D eigenvalue weighted by Gasteiger charge is 2.32.